The summed E-state index contributed by atoms with van der Waals surface area (Å²) in [5.41, 5.74) is 29.2. The van der Waals surface area contributed by atoms with Crippen LogP contribution in [0, 0.1) is 0 Å². The second-order valence-electron chi connectivity index (χ2n) is 20.7. The van der Waals surface area contributed by atoms with Crippen LogP contribution in [0.15, 0.2) is 66.7 Å². The Balaban J connectivity index is 1.26. The van der Waals surface area contributed by atoms with Crippen LogP contribution in [-0.2, 0) is 62.2 Å². The molecule has 0 aromatic heterocycles. The first-order valence-electron chi connectivity index (χ1n) is 22.9. The van der Waals surface area contributed by atoms with Gasteiger partial charge in [-0.1, -0.05) is 84.0 Å². The van der Waals surface area contributed by atoms with Crippen LogP contribution in [0.4, 0.5) is 34.1 Å². The van der Waals surface area contributed by atoms with Crippen LogP contribution in [0.25, 0.3) is 0 Å². The van der Waals surface area contributed by atoms with E-state index in [1.807, 2.05) is 0 Å². The van der Waals surface area contributed by atoms with Gasteiger partial charge in [0.2, 0.25) is 0 Å². The molecule has 2 heterocycles. The highest BCUT2D eigenvalue weighted by Gasteiger charge is 2.46. The van der Waals surface area contributed by atoms with E-state index in [0.29, 0.717) is 0 Å². The lowest BCUT2D eigenvalue weighted by Crippen LogP contribution is -2.62. The number of nitrogens with zero attached hydrogens (tertiary/aromatic N) is 2. The van der Waals surface area contributed by atoms with Crippen molar-refractivity contribution in [2.24, 2.45) is 0 Å². The maximum absolute atomic E-state index is 2.83. The molecule has 11 rings (SSSR count). The number of rotatable bonds is 2. The molecular formula is C54H61BN2. The summed E-state index contributed by atoms with van der Waals surface area (Å²) in [6, 6.07) is 28.0. The molecule has 0 unspecified atom stereocenters. The van der Waals surface area contributed by atoms with E-state index in [2.05, 4.69) is 118 Å². The summed E-state index contributed by atoms with van der Waals surface area (Å²) in [5, 5.41) is 0. The second kappa shape index (κ2) is 13.1. The van der Waals surface area contributed by atoms with Gasteiger partial charge in [0.15, 0.2) is 0 Å². The summed E-state index contributed by atoms with van der Waals surface area (Å²) in [6.07, 6.45) is 20.0. The third-order valence-electron chi connectivity index (χ3n) is 15.1. The molecule has 4 aliphatic carbocycles. The van der Waals surface area contributed by atoms with E-state index >= 15 is 0 Å². The maximum Gasteiger partial charge on any atom is 0.252 e. The molecule has 0 amide bonds. The fourth-order valence-electron chi connectivity index (χ4n) is 12.1. The highest BCUT2D eigenvalue weighted by atomic mass is 15.2. The van der Waals surface area contributed by atoms with Crippen molar-refractivity contribution >= 4 is 57.2 Å². The summed E-state index contributed by atoms with van der Waals surface area (Å²) in [5.74, 6) is 0. The number of hydrogen-bond acceptors (Lipinski definition) is 2. The van der Waals surface area contributed by atoms with Gasteiger partial charge >= 0.3 is 0 Å². The third-order valence-corrected chi connectivity index (χ3v) is 15.1. The van der Waals surface area contributed by atoms with Crippen LogP contribution in [-0.4, -0.2) is 6.71 Å². The fraction of sp³-hybridized carbons (Fsp3) is 0.444. The van der Waals surface area contributed by atoms with Crippen LogP contribution in [0.5, 0.6) is 0 Å². The lowest BCUT2D eigenvalue weighted by Gasteiger charge is -2.47. The average Bonchev–Trinajstić information content (AvgIpc) is 3.21. The average molecular weight is 749 g/mol. The topological polar surface area (TPSA) is 6.48 Å². The fourth-order valence-corrected chi connectivity index (χ4v) is 12.1. The highest BCUT2D eigenvalue weighted by molar-refractivity contribution is 7.00. The number of benzene rings is 5. The summed E-state index contributed by atoms with van der Waals surface area (Å²) >= 11 is 0. The molecule has 0 saturated carbocycles. The normalized spacial score (nSPS) is 18.2. The van der Waals surface area contributed by atoms with Gasteiger partial charge in [0.05, 0.1) is 11.4 Å². The lowest BCUT2D eigenvalue weighted by molar-refractivity contribution is 0.590. The van der Waals surface area contributed by atoms with E-state index in [9.17, 15) is 0 Å². The summed E-state index contributed by atoms with van der Waals surface area (Å²) in [6.45, 7) is 14.5. The van der Waals surface area contributed by atoms with Gasteiger partial charge in [-0.3, -0.25) is 0 Å². The Bertz CT molecular complexity index is 2240. The summed E-state index contributed by atoms with van der Waals surface area (Å²) in [4.78, 5) is 5.66. The lowest BCUT2D eigenvalue weighted by atomic mass is 9.33. The molecule has 2 nitrogen and oxygen atoms in total. The molecular weight excluding hydrogens is 687 g/mol. The van der Waals surface area contributed by atoms with E-state index in [1.165, 1.54) is 153 Å². The molecule has 5 aromatic rings. The van der Waals surface area contributed by atoms with Gasteiger partial charge in [-0.2, -0.15) is 0 Å². The van der Waals surface area contributed by atoms with Crippen LogP contribution >= 0.6 is 0 Å². The van der Waals surface area contributed by atoms with E-state index in [1.54, 1.807) is 55.9 Å². The third kappa shape index (κ3) is 5.57. The van der Waals surface area contributed by atoms with E-state index < -0.39 is 0 Å². The number of anilines is 6. The van der Waals surface area contributed by atoms with Crippen LogP contribution < -0.4 is 26.2 Å². The summed E-state index contributed by atoms with van der Waals surface area (Å²) < 4.78 is 0. The second-order valence-corrected chi connectivity index (χ2v) is 20.7. The van der Waals surface area contributed by atoms with E-state index in [0.717, 1.165) is 0 Å². The number of hydrogen-bond donors (Lipinski definition) is 0. The first-order chi connectivity index (χ1) is 27.6. The Morgan fingerprint density at radius 2 is 0.754 bits per heavy atom. The monoisotopic (exact) mass is 748 g/mol. The van der Waals surface area contributed by atoms with Crippen molar-refractivity contribution in [2.75, 3.05) is 9.80 Å². The minimum atomic E-state index is 0.0453. The number of fused-ring (bicyclic) bond motifs is 8. The molecule has 5 aromatic carbocycles. The molecule has 2 aliphatic heterocycles. The van der Waals surface area contributed by atoms with Crippen molar-refractivity contribution in [3.63, 3.8) is 0 Å². The molecule has 57 heavy (non-hydrogen) atoms. The Hall–Kier alpha value is -4.24. The molecule has 0 N–H and O–H groups in total. The van der Waals surface area contributed by atoms with Gasteiger partial charge in [-0.25, -0.2) is 0 Å². The van der Waals surface area contributed by atoms with Gasteiger partial charge in [0.25, 0.3) is 6.71 Å². The Labute approximate surface area is 343 Å². The molecule has 0 fully saturated rings. The molecule has 6 aliphatic rings. The quantitative estimate of drug-likeness (QED) is 0.163. The van der Waals surface area contributed by atoms with Crippen LogP contribution in [0.1, 0.15) is 149 Å². The maximum atomic E-state index is 2.83. The zero-order valence-electron chi connectivity index (χ0n) is 35.6. The smallest absolute Gasteiger partial charge is 0.252 e. The van der Waals surface area contributed by atoms with E-state index in [4.69, 9.17) is 0 Å². The van der Waals surface area contributed by atoms with Gasteiger partial charge in [0, 0.05) is 22.7 Å². The van der Waals surface area contributed by atoms with Crippen molar-refractivity contribution in [1.82, 2.24) is 0 Å². The minimum Gasteiger partial charge on any atom is -0.311 e. The molecule has 0 spiro atoms. The first-order valence-corrected chi connectivity index (χ1v) is 22.9. The molecule has 0 saturated heterocycles. The van der Waals surface area contributed by atoms with E-state index in [-0.39, 0.29) is 17.5 Å². The highest BCUT2D eigenvalue weighted by Crippen LogP contribution is 2.51. The Kier molecular flexibility index (Phi) is 8.27. The van der Waals surface area contributed by atoms with Crippen molar-refractivity contribution in [2.45, 2.75) is 155 Å². The SMILES string of the molecule is CC(C)(C)c1ccc2c(c1)B1c3cc(C(C)(C)C)ccc3N(c3c4c(cc5c3CCCC5)CCCC4)c3cccc(c31)N2c1c2c(cc3c1CCCC3)CCCC2. The van der Waals surface area contributed by atoms with Crippen molar-refractivity contribution < 1.29 is 0 Å². The molecule has 0 bridgehead atoms. The minimum absolute atomic E-state index is 0.0453. The van der Waals surface area contributed by atoms with Crippen molar-refractivity contribution in [3.8, 4) is 0 Å². The zero-order valence-corrected chi connectivity index (χ0v) is 35.6. The molecule has 3 heteroatoms. The molecule has 0 atom stereocenters. The van der Waals surface area contributed by atoms with Crippen molar-refractivity contribution in [1.29, 1.82) is 0 Å². The Morgan fingerprint density at radius 3 is 1.11 bits per heavy atom. The molecule has 290 valence electrons. The standard InChI is InChI=1S/C54H61BN2/c1-53(2,3)38-26-28-46-44(32-38)55-45-33-39(54(4,5)6)27-29-47(45)57(52-42-22-13-9-18-36(42)31-37-19-10-14-23-43(37)52)49-25-15-24-48(50(49)55)56(46)51-40-20-11-7-16-34(40)30-35-17-8-12-21-41(35)51/h15,24-33H,7-14,16-23H2,1-6H3. The Morgan fingerprint density at radius 1 is 0.404 bits per heavy atom. The number of aryl methyl sites for hydroxylation is 4. The first kappa shape index (κ1) is 35.9. The largest absolute Gasteiger partial charge is 0.311 e. The van der Waals surface area contributed by atoms with Crippen LogP contribution in [0.2, 0.25) is 0 Å². The van der Waals surface area contributed by atoms with Gasteiger partial charge in [-0.15, -0.1) is 0 Å². The predicted octanol–water partition coefficient (Wildman–Crippen LogP) is 11.9. The van der Waals surface area contributed by atoms with Gasteiger partial charge in [-0.05, 0) is 210 Å². The zero-order chi connectivity index (χ0) is 38.8. The molecule has 0 radical (unpaired) electrons. The van der Waals surface area contributed by atoms with Crippen LogP contribution in [0.3, 0.4) is 0 Å². The predicted molar refractivity (Wildman–Crippen MR) is 244 cm³/mol. The van der Waals surface area contributed by atoms with Crippen molar-refractivity contribution in [3.05, 3.63) is 122 Å². The van der Waals surface area contributed by atoms with Gasteiger partial charge < -0.3 is 9.80 Å². The summed E-state index contributed by atoms with van der Waals surface area (Å²) in [7, 11) is 0. The van der Waals surface area contributed by atoms with Gasteiger partial charge in [0.1, 0.15) is 0 Å².